The minimum atomic E-state index is -1.83. The average molecular weight is 484 g/mol. The van der Waals surface area contributed by atoms with Gasteiger partial charge in [-0.1, -0.05) is 54.6 Å². The van der Waals surface area contributed by atoms with Crippen LogP contribution in [-0.4, -0.2) is 33.8 Å². The molecule has 8 heteroatoms. The van der Waals surface area contributed by atoms with Crippen LogP contribution in [0.5, 0.6) is 0 Å². The monoisotopic (exact) mass is 483 g/mol. The van der Waals surface area contributed by atoms with E-state index in [9.17, 15) is 13.8 Å². The fourth-order valence-electron chi connectivity index (χ4n) is 3.89. The van der Waals surface area contributed by atoms with E-state index in [1.807, 2.05) is 36.4 Å². The fourth-order valence-corrected chi connectivity index (χ4v) is 4.28. The maximum atomic E-state index is 12.9. The number of carbonyl (C=O) groups excluding carboxylic acids is 2. The fraction of sp³-hybridized carbons (Fsp3) is 0.231. The van der Waals surface area contributed by atoms with E-state index in [2.05, 4.69) is 17.4 Å². The van der Waals surface area contributed by atoms with Crippen LogP contribution < -0.4 is 16.0 Å². The number of hydrogen-bond acceptors (Lipinski definition) is 3. The second kappa shape index (κ2) is 12.1. The molecule has 182 valence electrons. The summed E-state index contributed by atoms with van der Waals surface area (Å²) < 4.78 is 18.8. The highest BCUT2D eigenvalue weighted by molar-refractivity contribution is 7.79. The summed E-state index contributed by atoms with van der Waals surface area (Å²) in [6.07, 6.45) is 3.72. The first-order valence-electron chi connectivity index (χ1n) is 11.0. The van der Waals surface area contributed by atoms with Crippen LogP contribution in [0.15, 0.2) is 83.8 Å². The van der Waals surface area contributed by atoms with E-state index in [-0.39, 0.29) is 8.76 Å². The summed E-state index contributed by atoms with van der Waals surface area (Å²) >= 11 is -1.83. The summed E-state index contributed by atoms with van der Waals surface area (Å²) in [6, 6.07) is 22.8. The van der Waals surface area contributed by atoms with Gasteiger partial charge in [-0.2, -0.15) is 0 Å². The number of hydrogen-bond donors (Lipinski definition) is 3. The van der Waals surface area contributed by atoms with Crippen LogP contribution in [0.1, 0.15) is 26.0 Å². The summed E-state index contributed by atoms with van der Waals surface area (Å²) in [4.78, 5) is 26.3. The predicted molar refractivity (Wildman–Crippen MR) is 138 cm³/mol. The number of anilines is 1. The predicted octanol–water partition coefficient (Wildman–Crippen LogP) is 4.18. The molecule has 0 radical (unpaired) electrons. The highest BCUT2D eigenvalue weighted by Gasteiger charge is 2.25. The first-order valence-corrected chi connectivity index (χ1v) is 12.1. The molecule has 3 aromatic carbocycles. The molecule has 2 atom stereocenters. The van der Waals surface area contributed by atoms with Gasteiger partial charge in [-0.25, -0.2) is 9.00 Å². The Morgan fingerprint density at radius 2 is 1.65 bits per heavy atom. The molecule has 1 aliphatic carbocycles. The zero-order valence-electron chi connectivity index (χ0n) is 19.0. The van der Waals surface area contributed by atoms with E-state index in [1.165, 1.54) is 11.1 Å². The molecule has 0 spiro atoms. The number of aryl methyl sites for hydroxylation is 2. The molecule has 1 unspecified atom stereocenters. The lowest BCUT2D eigenvalue weighted by Crippen LogP contribution is -2.50. The summed E-state index contributed by atoms with van der Waals surface area (Å²) in [6.45, 7) is 0. The van der Waals surface area contributed by atoms with Crippen molar-refractivity contribution in [2.24, 2.45) is 5.73 Å². The number of nitrogens with two attached hydrogens (primary N) is 1. The Morgan fingerprint density at radius 3 is 2.24 bits per heavy atom. The lowest BCUT2D eigenvalue weighted by Gasteiger charge is -2.25. The Hall–Kier alpha value is -3.49. The van der Waals surface area contributed by atoms with Gasteiger partial charge in [-0.15, -0.1) is 0 Å². The van der Waals surface area contributed by atoms with Crippen molar-refractivity contribution in [3.05, 3.63) is 95.6 Å². The number of rotatable bonds is 6. The van der Waals surface area contributed by atoms with E-state index in [4.69, 9.17) is 10.3 Å². The van der Waals surface area contributed by atoms with Gasteiger partial charge in [-0.05, 0) is 60.2 Å². The van der Waals surface area contributed by atoms with E-state index in [0.29, 0.717) is 11.3 Å². The molecule has 4 rings (SSSR count). The number of nitrogens with zero attached hydrogens (tertiary/aromatic N) is 1. The van der Waals surface area contributed by atoms with Crippen LogP contribution >= 0.6 is 0 Å². The second-order valence-corrected chi connectivity index (χ2v) is 8.99. The largest absolute Gasteiger partial charge is 0.352 e. The third-order valence-electron chi connectivity index (χ3n) is 5.64. The minimum Gasteiger partial charge on any atom is -0.352 e. The van der Waals surface area contributed by atoms with Crippen LogP contribution in [0.4, 0.5) is 10.5 Å². The molecule has 0 saturated carbocycles. The van der Waals surface area contributed by atoms with Crippen molar-refractivity contribution in [1.82, 2.24) is 5.32 Å². The van der Waals surface area contributed by atoms with E-state index in [1.54, 1.807) is 42.3 Å². The lowest BCUT2D eigenvalue weighted by atomic mass is 10.0. The van der Waals surface area contributed by atoms with Crippen molar-refractivity contribution in [2.75, 3.05) is 11.9 Å². The number of amides is 3. The number of carbonyl (C=O) groups is 2. The second-order valence-electron chi connectivity index (χ2n) is 8.02. The molecule has 0 saturated heterocycles. The Balaban J connectivity index is 0.000000502. The van der Waals surface area contributed by atoms with Crippen LogP contribution in [0, 0.1) is 0 Å². The highest BCUT2D eigenvalue weighted by Crippen LogP contribution is 2.26. The minimum absolute atomic E-state index is 0. The van der Waals surface area contributed by atoms with Crippen molar-refractivity contribution >= 4 is 28.7 Å². The number of likely N-dealkylation sites (N-methyl/N-ethyl adjacent to an activating group) is 1. The molecular formula is C26H33N3O4S. The molecule has 3 amide bonds. The van der Waals surface area contributed by atoms with Crippen LogP contribution in [0.2, 0.25) is 0 Å². The Kier molecular flexibility index (Phi) is 8.95. The maximum Gasteiger partial charge on any atom is 0.312 e. The van der Waals surface area contributed by atoms with Crippen LogP contribution in [0.25, 0.3) is 0 Å². The van der Waals surface area contributed by atoms with Gasteiger partial charge in [0.15, 0.2) is 11.1 Å². The summed E-state index contributed by atoms with van der Waals surface area (Å²) in [7, 11) is 1.74. The molecule has 0 heterocycles. The molecule has 7 nitrogen and oxygen atoms in total. The normalized spacial score (nSPS) is 13.6. The molecule has 0 aliphatic heterocycles. The molecule has 0 bridgehead atoms. The van der Waals surface area contributed by atoms with Gasteiger partial charge < -0.3 is 20.5 Å². The van der Waals surface area contributed by atoms with Gasteiger partial charge in [0, 0.05) is 22.0 Å². The smallest absolute Gasteiger partial charge is 0.312 e. The average Bonchev–Trinajstić information content (AvgIpc) is 3.32. The van der Waals surface area contributed by atoms with Gasteiger partial charge in [0.2, 0.25) is 5.91 Å². The third kappa shape index (κ3) is 7.00. The highest BCUT2D eigenvalue weighted by atomic mass is 32.2. The van der Waals surface area contributed by atoms with Crippen molar-refractivity contribution in [3.8, 4) is 0 Å². The number of urea groups is 1. The first-order chi connectivity index (χ1) is 16.3. The van der Waals surface area contributed by atoms with Crippen LogP contribution in [0.3, 0.4) is 0 Å². The molecule has 1 aliphatic rings. The van der Waals surface area contributed by atoms with Gasteiger partial charge in [0.1, 0.15) is 6.04 Å². The summed E-state index contributed by atoms with van der Waals surface area (Å²) in [5.41, 5.74) is 9.76. The van der Waals surface area contributed by atoms with E-state index < -0.39 is 23.2 Å². The molecule has 34 heavy (non-hydrogen) atoms. The third-order valence-corrected chi connectivity index (χ3v) is 6.32. The number of nitrogens with one attached hydrogen (secondary N) is 1. The SMILES string of the molecule is CN(C(=O)[C@H](Cc1ccccc1)NC(N)=O)c1ccc2c(c1)CCC2.O=S(O)c1ccccc1.[HH].[HH]. The Morgan fingerprint density at radius 1 is 1.03 bits per heavy atom. The quantitative estimate of drug-likeness (QED) is 0.457. The van der Waals surface area contributed by atoms with Gasteiger partial charge >= 0.3 is 6.03 Å². The number of primary amides is 1. The molecule has 4 N–H and O–H groups in total. The first kappa shape index (κ1) is 25.1. The maximum absolute atomic E-state index is 12.9. The zero-order valence-corrected chi connectivity index (χ0v) is 19.8. The Labute approximate surface area is 205 Å². The topological polar surface area (TPSA) is 113 Å². The van der Waals surface area contributed by atoms with Gasteiger partial charge in [-0.3, -0.25) is 4.79 Å². The lowest BCUT2D eigenvalue weighted by molar-refractivity contribution is -0.120. The van der Waals surface area contributed by atoms with Gasteiger partial charge in [0.25, 0.3) is 0 Å². The van der Waals surface area contributed by atoms with Crippen molar-refractivity contribution in [3.63, 3.8) is 0 Å². The van der Waals surface area contributed by atoms with E-state index >= 15 is 0 Å². The number of benzene rings is 3. The van der Waals surface area contributed by atoms with Crippen molar-refractivity contribution in [1.29, 1.82) is 0 Å². The van der Waals surface area contributed by atoms with Crippen molar-refractivity contribution in [2.45, 2.75) is 36.6 Å². The number of fused-ring (bicyclic) bond motifs is 1. The molecule has 0 aromatic heterocycles. The van der Waals surface area contributed by atoms with Crippen molar-refractivity contribution < 1.29 is 21.2 Å². The standard InChI is InChI=1S/C20H23N3O2.C6H6O2S.2H2/c1-23(17-11-10-15-8-5-9-16(15)13-17)19(24)18(22-20(21)25)12-14-6-3-2-4-7-14;7-9(8)6-4-2-1-3-5-6;;/h2-4,6-7,10-11,13,18H,5,8-9,12H2,1H3,(H3,21,22,25);1-5H,(H,7,8);2*1H/t18-;;;/m0.../s1. The Bertz CT molecular complexity index is 1150. The summed E-state index contributed by atoms with van der Waals surface area (Å²) in [5, 5.41) is 2.58. The molecule has 0 fully saturated rings. The summed E-state index contributed by atoms with van der Waals surface area (Å²) in [5.74, 6) is -0.180. The zero-order chi connectivity index (χ0) is 24.5. The van der Waals surface area contributed by atoms with Crippen LogP contribution in [-0.2, 0) is 35.1 Å². The van der Waals surface area contributed by atoms with Gasteiger partial charge in [0.05, 0.1) is 4.90 Å². The molecule has 3 aromatic rings. The van der Waals surface area contributed by atoms with E-state index in [0.717, 1.165) is 30.5 Å². The molecular weight excluding hydrogens is 450 g/mol.